The molecule has 0 saturated carbocycles. The van der Waals surface area contributed by atoms with Gasteiger partial charge in [0.2, 0.25) is 0 Å². The predicted molar refractivity (Wildman–Crippen MR) is 114 cm³/mol. The van der Waals surface area contributed by atoms with E-state index < -0.39 is 0 Å². The zero-order chi connectivity index (χ0) is 20.8. The highest BCUT2D eigenvalue weighted by Crippen LogP contribution is 2.41. The summed E-state index contributed by atoms with van der Waals surface area (Å²) in [5.74, 6) is 1.71. The monoisotopic (exact) mass is 396 g/mol. The summed E-state index contributed by atoms with van der Waals surface area (Å²) >= 11 is 0. The zero-order valence-corrected chi connectivity index (χ0v) is 17.1. The Balaban J connectivity index is 1.96. The minimum absolute atomic E-state index is 0.0549. The van der Waals surface area contributed by atoms with Crippen LogP contribution in [0.4, 0.5) is 4.39 Å². The Labute approximate surface area is 172 Å². The number of allylic oxidation sites excluding steroid dienone is 1. The fourth-order valence-corrected chi connectivity index (χ4v) is 4.10. The second kappa shape index (κ2) is 9.50. The molecule has 154 valence electrons. The van der Waals surface area contributed by atoms with E-state index in [4.69, 9.17) is 15.2 Å². The quantitative estimate of drug-likeness (QED) is 0.732. The van der Waals surface area contributed by atoms with Crippen molar-refractivity contribution in [3.63, 3.8) is 0 Å². The van der Waals surface area contributed by atoms with Crippen LogP contribution in [0.3, 0.4) is 0 Å². The number of benzene rings is 2. The number of halogens is 1. The van der Waals surface area contributed by atoms with Gasteiger partial charge in [0.1, 0.15) is 17.3 Å². The highest BCUT2D eigenvalue weighted by Gasteiger charge is 2.29. The molecule has 0 amide bonds. The number of ether oxygens (including phenoxy) is 2. The number of methoxy groups -OCH3 is 2. The van der Waals surface area contributed by atoms with Crippen LogP contribution in [0.2, 0.25) is 0 Å². The van der Waals surface area contributed by atoms with Crippen molar-refractivity contribution < 1.29 is 13.9 Å². The Morgan fingerprint density at radius 1 is 1.14 bits per heavy atom. The molecule has 29 heavy (non-hydrogen) atoms. The Bertz CT molecular complexity index is 841. The summed E-state index contributed by atoms with van der Waals surface area (Å²) in [6.07, 6.45) is 7.19. The maximum atomic E-state index is 13.3. The molecule has 0 aliphatic carbocycles. The highest BCUT2D eigenvalue weighted by atomic mass is 19.1. The largest absolute Gasteiger partial charge is 0.497 e. The SMILES string of the molecule is C=CN1/C(=C\N)CC[C@H](Cc2ccc(F)cc2)C[C@@H]1c1cc(OC)cc(OC)c1. The molecule has 1 aliphatic heterocycles. The summed E-state index contributed by atoms with van der Waals surface area (Å²) in [6, 6.07) is 12.8. The molecule has 1 aliphatic rings. The first kappa shape index (κ1) is 20.8. The molecule has 2 atom stereocenters. The van der Waals surface area contributed by atoms with E-state index in [9.17, 15) is 4.39 Å². The lowest BCUT2D eigenvalue weighted by atomic mass is 9.88. The van der Waals surface area contributed by atoms with Crippen LogP contribution in [0.5, 0.6) is 11.5 Å². The first-order valence-electron chi connectivity index (χ1n) is 9.87. The zero-order valence-electron chi connectivity index (χ0n) is 17.1. The number of rotatable bonds is 6. The maximum absolute atomic E-state index is 13.3. The van der Waals surface area contributed by atoms with E-state index in [1.165, 1.54) is 12.1 Å². The fourth-order valence-electron chi connectivity index (χ4n) is 4.10. The summed E-state index contributed by atoms with van der Waals surface area (Å²) in [6.45, 7) is 4.03. The molecular formula is C24H29FN2O2. The molecule has 0 aromatic heterocycles. The molecule has 1 saturated heterocycles. The summed E-state index contributed by atoms with van der Waals surface area (Å²) < 4.78 is 24.2. The van der Waals surface area contributed by atoms with Crippen molar-refractivity contribution >= 4 is 0 Å². The number of hydrogen-bond acceptors (Lipinski definition) is 4. The van der Waals surface area contributed by atoms with Gasteiger partial charge in [-0.1, -0.05) is 18.7 Å². The van der Waals surface area contributed by atoms with Gasteiger partial charge in [-0.3, -0.25) is 0 Å². The van der Waals surface area contributed by atoms with Crippen molar-refractivity contribution in [2.45, 2.75) is 31.7 Å². The third-order valence-electron chi connectivity index (χ3n) is 5.62. The molecule has 2 N–H and O–H groups in total. The van der Waals surface area contributed by atoms with Gasteiger partial charge in [0.05, 0.1) is 20.3 Å². The standard InChI is InChI=1S/C24H29FN2O2/c1-4-27-21(16-26)10-7-18(11-17-5-8-20(25)9-6-17)12-24(27)19-13-22(28-2)15-23(14-19)29-3/h4-6,8-9,13-16,18,24H,1,7,10-12,26H2,2-3H3/b21-16-/t18-,24-/m1/s1. The van der Waals surface area contributed by atoms with Crippen molar-refractivity contribution in [3.05, 3.63) is 84.1 Å². The first-order chi connectivity index (χ1) is 14.1. The van der Waals surface area contributed by atoms with Crippen molar-refractivity contribution in [3.8, 4) is 11.5 Å². The minimum atomic E-state index is -0.206. The maximum Gasteiger partial charge on any atom is 0.123 e. The molecule has 4 nitrogen and oxygen atoms in total. The second-order valence-corrected chi connectivity index (χ2v) is 7.38. The molecule has 0 unspecified atom stereocenters. The molecule has 1 fully saturated rings. The summed E-state index contributed by atoms with van der Waals surface area (Å²) in [4.78, 5) is 2.15. The molecule has 3 rings (SSSR count). The minimum Gasteiger partial charge on any atom is -0.497 e. The average molecular weight is 397 g/mol. The van der Waals surface area contributed by atoms with Gasteiger partial charge in [-0.25, -0.2) is 4.39 Å². The molecule has 0 bridgehead atoms. The lowest BCUT2D eigenvalue weighted by Crippen LogP contribution is -2.23. The predicted octanol–water partition coefficient (Wildman–Crippen LogP) is 5.17. The van der Waals surface area contributed by atoms with Gasteiger partial charge in [0.25, 0.3) is 0 Å². The molecule has 2 aromatic carbocycles. The van der Waals surface area contributed by atoms with Crippen molar-refractivity contribution in [1.29, 1.82) is 0 Å². The Morgan fingerprint density at radius 3 is 2.34 bits per heavy atom. The molecule has 5 heteroatoms. The Morgan fingerprint density at radius 2 is 1.79 bits per heavy atom. The van der Waals surface area contributed by atoms with Crippen LogP contribution >= 0.6 is 0 Å². The summed E-state index contributed by atoms with van der Waals surface area (Å²) in [7, 11) is 3.30. The van der Waals surface area contributed by atoms with Crippen LogP contribution in [0.15, 0.2) is 67.1 Å². The van der Waals surface area contributed by atoms with Gasteiger partial charge < -0.3 is 20.1 Å². The van der Waals surface area contributed by atoms with Gasteiger partial charge >= 0.3 is 0 Å². The molecule has 1 heterocycles. The molecule has 0 radical (unpaired) electrons. The Hall–Kier alpha value is -2.95. The van der Waals surface area contributed by atoms with Crippen LogP contribution < -0.4 is 15.2 Å². The van der Waals surface area contributed by atoms with E-state index in [2.05, 4.69) is 11.5 Å². The van der Waals surface area contributed by atoms with Crippen molar-refractivity contribution in [2.75, 3.05) is 14.2 Å². The van der Waals surface area contributed by atoms with E-state index in [0.29, 0.717) is 5.92 Å². The van der Waals surface area contributed by atoms with Crippen LogP contribution in [-0.4, -0.2) is 19.1 Å². The number of likely N-dealkylation sites (tertiary alicyclic amines) is 1. The second-order valence-electron chi connectivity index (χ2n) is 7.38. The van der Waals surface area contributed by atoms with Gasteiger partial charge in [-0.2, -0.15) is 0 Å². The molecular weight excluding hydrogens is 367 g/mol. The van der Waals surface area contributed by atoms with Gasteiger partial charge in [-0.05, 0) is 73.2 Å². The Kier molecular flexibility index (Phi) is 6.81. The first-order valence-corrected chi connectivity index (χ1v) is 9.87. The lowest BCUT2D eigenvalue weighted by Gasteiger charge is -2.32. The topological polar surface area (TPSA) is 47.7 Å². The average Bonchev–Trinajstić information content (AvgIpc) is 2.93. The third kappa shape index (κ3) is 4.91. The summed E-state index contributed by atoms with van der Waals surface area (Å²) in [5.41, 5.74) is 9.24. The molecule has 2 aromatic rings. The van der Waals surface area contributed by atoms with E-state index in [0.717, 1.165) is 54.0 Å². The third-order valence-corrected chi connectivity index (χ3v) is 5.62. The smallest absolute Gasteiger partial charge is 0.123 e. The normalized spacial score (nSPS) is 20.9. The van der Waals surface area contributed by atoms with E-state index in [1.54, 1.807) is 20.4 Å². The van der Waals surface area contributed by atoms with E-state index in [-0.39, 0.29) is 11.9 Å². The van der Waals surface area contributed by atoms with Crippen LogP contribution in [0, 0.1) is 11.7 Å². The summed E-state index contributed by atoms with van der Waals surface area (Å²) in [5, 5.41) is 0. The van der Waals surface area contributed by atoms with Gasteiger partial charge in [-0.15, -0.1) is 0 Å². The number of hydrogen-bond donors (Lipinski definition) is 1. The van der Waals surface area contributed by atoms with E-state index >= 15 is 0 Å². The van der Waals surface area contributed by atoms with Crippen LogP contribution in [0.1, 0.15) is 36.4 Å². The van der Waals surface area contributed by atoms with Gasteiger partial charge in [0.15, 0.2) is 0 Å². The van der Waals surface area contributed by atoms with Crippen molar-refractivity contribution in [1.82, 2.24) is 4.90 Å². The number of nitrogens with two attached hydrogens (primary N) is 1. The fraction of sp³-hybridized carbons (Fsp3) is 0.333. The van der Waals surface area contributed by atoms with Crippen LogP contribution in [0.25, 0.3) is 0 Å². The van der Waals surface area contributed by atoms with Crippen molar-refractivity contribution in [2.24, 2.45) is 11.7 Å². The molecule has 0 spiro atoms. The van der Waals surface area contributed by atoms with Gasteiger partial charge in [0, 0.05) is 18.0 Å². The van der Waals surface area contributed by atoms with Crippen LogP contribution in [-0.2, 0) is 6.42 Å². The highest BCUT2D eigenvalue weighted by molar-refractivity contribution is 5.40. The number of nitrogens with zero attached hydrogens (tertiary/aromatic N) is 1. The van der Waals surface area contributed by atoms with E-state index in [1.807, 2.05) is 36.5 Å². The lowest BCUT2D eigenvalue weighted by molar-refractivity contribution is 0.303.